The van der Waals surface area contributed by atoms with E-state index < -0.39 is 0 Å². The molecule has 3 N–H and O–H groups in total. The van der Waals surface area contributed by atoms with Crippen LogP contribution in [0.5, 0.6) is 11.5 Å². The molecule has 1 fully saturated rings. The van der Waals surface area contributed by atoms with Crippen LogP contribution in [-0.2, 0) is 0 Å². The number of aromatic hydroxyl groups is 1. The Bertz CT molecular complexity index is 609. The molecular formula is C17H20N2O2. The maximum absolute atomic E-state index is 10.4. The van der Waals surface area contributed by atoms with Crippen LogP contribution >= 0.6 is 0 Å². The van der Waals surface area contributed by atoms with Crippen molar-refractivity contribution in [3.05, 3.63) is 59.7 Å². The van der Waals surface area contributed by atoms with Gasteiger partial charge in [-0.25, -0.2) is 0 Å². The molecule has 110 valence electrons. The van der Waals surface area contributed by atoms with Crippen molar-refractivity contribution in [3.8, 4) is 11.5 Å². The van der Waals surface area contributed by atoms with Gasteiger partial charge in [-0.1, -0.05) is 30.3 Å². The van der Waals surface area contributed by atoms with Crippen molar-refractivity contribution in [3.63, 3.8) is 0 Å². The zero-order chi connectivity index (χ0) is 14.8. The summed E-state index contributed by atoms with van der Waals surface area (Å²) in [5.74, 6) is 0.909. The van der Waals surface area contributed by atoms with Gasteiger partial charge in [-0.2, -0.15) is 0 Å². The van der Waals surface area contributed by atoms with Gasteiger partial charge in [0.05, 0.1) is 13.2 Å². The second kappa shape index (κ2) is 5.76. The molecule has 2 aromatic carbocycles. The average molecular weight is 284 g/mol. The Labute approximate surface area is 124 Å². The molecule has 0 radical (unpaired) electrons. The summed E-state index contributed by atoms with van der Waals surface area (Å²) in [5.41, 5.74) is 7.96. The fourth-order valence-electron chi connectivity index (χ4n) is 2.86. The van der Waals surface area contributed by atoms with Crippen LogP contribution in [0.3, 0.4) is 0 Å². The molecule has 0 aromatic heterocycles. The first-order valence-corrected chi connectivity index (χ1v) is 7.10. The van der Waals surface area contributed by atoms with Crippen molar-refractivity contribution >= 4 is 0 Å². The van der Waals surface area contributed by atoms with E-state index in [0.717, 1.165) is 24.2 Å². The molecule has 4 heteroatoms. The fourth-order valence-corrected chi connectivity index (χ4v) is 2.86. The number of phenolic OH excluding ortho intramolecular Hbond substituents is 1. The number of ether oxygens (including phenoxy) is 1. The quantitative estimate of drug-likeness (QED) is 0.903. The minimum absolute atomic E-state index is 0.0249. The van der Waals surface area contributed by atoms with E-state index in [4.69, 9.17) is 10.5 Å². The highest BCUT2D eigenvalue weighted by Gasteiger charge is 2.33. The Hall–Kier alpha value is -2.04. The number of hydrogen-bond acceptors (Lipinski definition) is 4. The molecule has 0 bridgehead atoms. The predicted molar refractivity (Wildman–Crippen MR) is 82.5 cm³/mol. The van der Waals surface area contributed by atoms with Gasteiger partial charge >= 0.3 is 0 Å². The van der Waals surface area contributed by atoms with Crippen LogP contribution < -0.4 is 10.5 Å². The van der Waals surface area contributed by atoms with Gasteiger partial charge in [0.25, 0.3) is 0 Å². The zero-order valence-electron chi connectivity index (χ0n) is 12.1. The molecule has 1 saturated heterocycles. The molecule has 1 atom stereocenters. The monoisotopic (exact) mass is 284 g/mol. The molecule has 0 saturated carbocycles. The third-order valence-corrected chi connectivity index (χ3v) is 3.95. The standard InChI is InChI=1S/C17H20N2O2/c1-21-14-7-8-15(16(20)9-14)17(19-10-13(18)11-19)12-5-3-2-4-6-12/h2-9,13,17,20H,10-11,18H2,1H3. The van der Waals surface area contributed by atoms with Crippen LogP contribution in [-0.4, -0.2) is 36.2 Å². The highest BCUT2D eigenvalue weighted by molar-refractivity contribution is 5.45. The molecule has 1 unspecified atom stereocenters. The third-order valence-electron chi connectivity index (χ3n) is 3.95. The molecule has 21 heavy (non-hydrogen) atoms. The summed E-state index contributed by atoms with van der Waals surface area (Å²) in [7, 11) is 1.59. The first-order valence-electron chi connectivity index (χ1n) is 7.10. The van der Waals surface area contributed by atoms with Crippen molar-refractivity contribution in [2.45, 2.75) is 12.1 Å². The van der Waals surface area contributed by atoms with Gasteiger partial charge in [0.2, 0.25) is 0 Å². The van der Waals surface area contributed by atoms with Crippen LogP contribution in [0.25, 0.3) is 0 Å². The average Bonchev–Trinajstić information content (AvgIpc) is 2.48. The van der Waals surface area contributed by atoms with Gasteiger partial charge in [-0.05, 0) is 17.7 Å². The van der Waals surface area contributed by atoms with Gasteiger partial charge in [-0.15, -0.1) is 0 Å². The van der Waals surface area contributed by atoms with E-state index in [-0.39, 0.29) is 17.8 Å². The fraction of sp³-hybridized carbons (Fsp3) is 0.294. The van der Waals surface area contributed by atoms with Gasteiger partial charge in [0.1, 0.15) is 11.5 Å². The van der Waals surface area contributed by atoms with Crippen LogP contribution in [0.1, 0.15) is 17.2 Å². The lowest BCUT2D eigenvalue weighted by molar-refractivity contribution is 0.112. The molecular weight excluding hydrogens is 264 g/mol. The van der Waals surface area contributed by atoms with Crippen molar-refractivity contribution in [2.75, 3.05) is 20.2 Å². The van der Waals surface area contributed by atoms with Crippen LogP contribution in [0.2, 0.25) is 0 Å². The molecule has 1 aliphatic heterocycles. The summed E-state index contributed by atoms with van der Waals surface area (Å²) < 4.78 is 5.16. The largest absolute Gasteiger partial charge is 0.507 e. The van der Waals surface area contributed by atoms with Crippen LogP contribution in [0.4, 0.5) is 0 Å². The number of phenols is 1. The minimum atomic E-state index is 0.0249. The van der Waals surface area contributed by atoms with Gasteiger partial charge in [0.15, 0.2) is 0 Å². The number of nitrogens with zero attached hydrogens (tertiary/aromatic N) is 1. The summed E-state index contributed by atoms with van der Waals surface area (Å²) >= 11 is 0. The second-order valence-electron chi connectivity index (χ2n) is 5.45. The Kier molecular flexibility index (Phi) is 3.82. The highest BCUT2D eigenvalue weighted by atomic mass is 16.5. The number of nitrogens with two attached hydrogens (primary N) is 1. The van der Waals surface area contributed by atoms with Crippen LogP contribution in [0, 0.1) is 0 Å². The Morgan fingerprint density at radius 2 is 1.90 bits per heavy atom. The molecule has 1 aliphatic rings. The molecule has 0 spiro atoms. The van der Waals surface area contributed by atoms with Gasteiger partial charge in [-0.3, -0.25) is 4.90 Å². The number of methoxy groups -OCH3 is 1. The minimum Gasteiger partial charge on any atom is -0.507 e. The Balaban J connectivity index is 1.99. The first kappa shape index (κ1) is 13.9. The summed E-state index contributed by atoms with van der Waals surface area (Å²) in [6, 6.07) is 15.9. The zero-order valence-corrected chi connectivity index (χ0v) is 12.1. The smallest absolute Gasteiger partial charge is 0.124 e. The molecule has 0 aliphatic carbocycles. The van der Waals surface area contributed by atoms with Crippen molar-refractivity contribution in [1.29, 1.82) is 0 Å². The van der Waals surface area contributed by atoms with Gasteiger partial charge < -0.3 is 15.6 Å². The third kappa shape index (κ3) is 2.73. The number of hydrogen-bond donors (Lipinski definition) is 2. The lowest BCUT2D eigenvalue weighted by Crippen LogP contribution is -2.56. The molecule has 3 rings (SSSR count). The molecule has 4 nitrogen and oxygen atoms in total. The normalized spacial score (nSPS) is 17.2. The number of rotatable bonds is 4. The second-order valence-corrected chi connectivity index (χ2v) is 5.45. The lowest BCUT2D eigenvalue weighted by atomic mass is 9.92. The van der Waals surface area contributed by atoms with Crippen molar-refractivity contribution in [2.24, 2.45) is 5.73 Å². The number of likely N-dealkylation sites (tertiary alicyclic amines) is 1. The Morgan fingerprint density at radius 3 is 2.48 bits per heavy atom. The summed E-state index contributed by atoms with van der Waals surface area (Å²) in [6.07, 6.45) is 0. The molecule has 0 amide bonds. The van der Waals surface area contributed by atoms with E-state index >= 15 is 0 Å². The maximum atomic E-state index is 10.4. The predicted octanol–water partition coefficient (Wildman–Crippen LogP) is 2.13. The lowest BCUT2D eigenvalue weighted by Gasteiger charge is -2.43. The Morgan fingerprint density at radius 1 is 1.19 bits per heavy atom. The van der Waals surface area contributed by atoms with E-state index in [1.165, 1.54) is 0 Å². The van der Waals surface area contributed by atoms with Crippen molar-refractivity contribution in [1.82, 2.24) is 4.90 Å². The topological polar surface area (TPSA) is 58.7 Å². The van der Waals surface area contributed by atoms with Crippen LogP contribution in [0.15, 0.2) is 48.5 Å². The van der Waals surface area contributed by atoms with E-state index in [1.807, 2.05) is 30.3 Å². The first-order chi connectivity index (χ1) is 10.2. The maximum Gasteiger partial charge on any atom is 0.124 e. The van der Waals surface area contributed by atoms with E-state index in [2.05, 4.69) is 17.0 Å². The van der Waals surface area contributed by atoms with E-state index in [0.29, 0.717) is 5.75 Å². The molecule has 2 aromatic rings. The van der Waals surface area contributed by atoms with E-state index in [9.17, 15) is 5.11 Å². The number of benzene rings is 2. The SMILES string of the molecule is COc1ccc(C(c2ccccc2)N2CC(N)C2)c(O)c1. The van der Waals surface area contributed by atoms with Gasteiger partial charge in [0, 0.05) is 30.8 Å². The van der Waals surface area contributed by atoms with Crippen molar-refractivity contribution < 1.29 is 9.84 Å². The summed E-state index contributed by atoms with van der Waals surface area (Å²) in [4.78, 5) is 2.28. The highest BCUT2D eigenvalue weighted by Crippen LogP contribution is 2.37. The summed E-state index contributed by atoms with van der Waals surface area (Å²) in [6.45, 7) is 1.68. The summed E-state index contributed by atoms with van der Waals surface area (Å²) in [5, 5.41) is 10.4. The van der Waals surface area contributed by atoms with E-state index in [1.54, 1.807) is 13.2 Å². The molecule has 1 heterocycles.